The first-order valence-corrected chi connectivity index (χ1v) is 10.3. The maximum Gasteiger partial charge on any atom is 0.240 e. The van der Waals surface area contributed by atoms with Gasteiger partial charge in [0.2, 0.25) is 5.91 Å². The molecular weight excluding hydrogens is 409 g/mol. The summed E-state index contributed by atoms with van der Waals surface area (Å²) in [6.45, 7) is 0.821. The number of nitrogens with zero attached hydrogens (tertiary/aromatic N) is 1. The van der Waals surface area contributed by atoms with Crippen molar-refractivity contribution in [3.8, 4) is 0 Å². The number of hydrogen-bond acceptors (Lipinski definition) is 4. The Morgan fingerprint density at radius 1 is 1.14 bits per heavy atom. The quantitative estimate of drug-likeness (QED) is 0.713. The minimum atomic E-state index is -0.489. The molecule has 1 aliphatic heterocycles. The summed E-state index contributed by atoms with van der Waals surface area (Å²) in [5.74, 6) is -0.0549. The van der Waals surface area contributed by atoms with E-state index < -0.39 is 5.54 Å². The Morgan fingerprint density at radius 2 is 1.97 bits per heavy atom. The van der Waals surface area contributed by atoms with Crippen LogP contribution in [0.5, 0.6) is 0 Å². The van der Waals surface area contributed by atoms with E-state index in [0.717, 1.165) is 37.1 Å². The molecule has 5 nitrogen and oxygen atoms in total. The Hall–Kier alpha value is -1.82. The SMILES string of the molecule is Cl.O=C(CNc1cccc(Cl)c1)NC1(c2ccccn2)CCOC2(CCCC2)C1. The van der Waals surface area contributed by atoms with Gasteiger partial charge in [-0.25, -0.2) is 0 Å². The van der Waals surface area contributed by atoms with Crippen molar-refractivity contribution in [2.45, 2.75) is 49.7 Å². The molecular formula is C22H27Cl2N3O2. The standard InChI is InChI=1S/C22H26ClN3O2.ClH/c23-17-6-5-7-18(14-17)25-15-20(27)26-22(19-8-1-4-12-24-19)11-13-28-21(16-22)9-2-3-10-21;/h1,4-8,12,14,25H,2-3,9-11,13,15-16H2,(H,26,27);1H. The third kappa shape index (κ3) is 5.03. The van der Waals surface area contributed by atoms with Crippen LogP contribution in [-0.2, 0) is 15.1 Å². The first kappa shape index (κ1) is 21.9. The number of aromatic nitrogens is 1. The third-order valence-corrected chi connectivity index (χ3v) is 6.12. The number of carbonyl (C=O) groups excluding carboxylic acids is 1. The van der Waals surface area contributed by atoms with Crippen LogP contribution in [0.4, 0.5) is 5.69 Å². The van der Waals surface area contributed by atoms with Gasteiger partial charge in [-0.1, -0.05) is 36.6 Å². The highest BCUT2D eigenvalue weighted by Crippen LogP contribution is 2.46. The highest BCUT2D eigenvalue weighted by atomic mass is 35.5. The van der Waals surface area contributed by atoms with Gasteiger partial charge in [-0.2, -0.15) is 0 Å². The number of ether oxygens (including phenoxy) is 1. The lowest BCUT2D eigenvalue weighted by Gasteiger charge is -2.46. The van der Waals surface area contributed by atoms with Crippen LogP contribution < -0.4 is 10.6 Å². The van der Waals surface area contributed by atoms with E-state index in [1.54, 1.807) is 6.20 Å². The molecule has 1 aromatic heterocycles. The average molecular weight is 436 g/mol. The van der Waals surface area contributed by atoms with Crippen LogP contribution in [0, 0.1) is 0 Å². The maximum absolute atomic E-state index is 12.9. The number of benzene rings is 1. The summed E-state index contributed by atoms with van der Waals surface area (Å²) in [5, 5.41) is 7.11. The lowest BCUT2D eigenvalue weighted by Crippen LogP contribution is -2.56. The minimum Gasteiger partial charge on any atom is -0.376 e. The van der Waals surface area contributed by atoms with Gasteiger partial charge >= 0.3 is 0 Å². The molecule has 2 heterocycles. The van der Waals surface area contributed by atoms with Crippen molar-refractivity contribution >= 4 is 35.6 Å². The number of amides is 1. The highest BCUT2D eigenvalue weighted by molar-refractivity contribution is 6.30. The molecule has 2 fully saturated rings. The second-order valence-corrected chi connectivity index (χ2v) is 8.31. The van der Waals surface area contributed by atoms with Gasteiger partial charge in [-0.05, 0) is 49.6 Å². The fourth-order valence-electron chi connectivity index (χ4n) is 4.60. The van der Waals surface area contributed by atoms with Gasteiger partial charge in [-0.15, -0.1) is 12.4 Å². The van der Waals surface area contributed by atoms with E-state index in [1.807, 2.05) is 42.5 Å². The van der Waals surface area contributed by atoms with Crippen LogP contribution in [0.3, 0.4) is 0 Å². The number of halogens is 2. The Labute approximate surface area is 183 Å². The van der Waals surface area contributed by atoms with Crippen molar-refractivity contribution in [3.05, 3.63) is 59.4 Å². The molecule has 7 heteroatoms. The van der Waals surface area contributed by atoms with Crippen LogP contribution in [0.25, 0.3) is 0 Å². The molecule has 1 aromatic carbocycles. The van der Waals surface area contributed by atoms with Gasteiger partial charge < -0.3 is 15.4 Å². The van der Waals surface area contributed by atoms with Gasteiger partial charge in [0.25, 0.3) is 0 Å². The van der Waals surface area contributed by atoms with Gasteiger partial charge in [-0.3, -0.25) is 9.78 Å². The maximum atomic E-state index is 12.9. The van der Waals surface area contributed by atoms with Crippen LogP contribution in [0.1, 0.15) is 44.2 Å². The molecule has 1 unspecified atom stereocenters. The van der Waals surface area contributed by atoms with Gasteiger partial charge in [0.15, 0.2) is 0 Å². The Bertz CT molecular complexity index is 828. The van der Waals surface area contributed by atoms with Crippen LogP contribution in [0.15, 0.2) is 48.7 Å². The predicted molar refractivity (Wildman–Crippen MR) is 118 cm³/mol. The molecule has 1 saturated heterocycles. The lowest BCUT2D eigenvalue weighted by molar-refractivity contribution is -0.132. The predicted octanol–water partition coefficient (Wildman–Crippen LogP) is 4.70. The summed E-state index contributed by atoms with van der Waals surface area (Å²) in [7, 11) is 0. The van der Waals surface area contributed by atoms with E-state index in [1.165, 1.54) is 12.8 Å². The normalized spacial score (nSPS) is 22.7. The largest absolute Gasteiger partial charge is 0.376 e. The van der Waals surface area contributed by atoms with Gasteiger partial charge in [0, 0.05) is 29.9 Å². The van der Waals surface area contributed by atoms with Crippen LogP contribution >= 0.6 is 24.0 Å². The van der Waals surface area contributed by atoms with Crippen molar-refractivity contribution < 1.29 is 9.53 Å². The molecule has 29 heavy (non-hydrogen) atoms. The number of anilines is 1. The summed E-state index contributed by atoms with van der Waals surface area (Å²) in [6, 6.07) is 13.3. The van der Waals surface area contributed by atoms with Crippen LogP contribution in [-0.4, -0.2) is 29.6 Å². The number of hydrogen-bond donors (Lipinski definition) is 2. The smallest absolute Gasteiger partial charge is 0.240 e. The van der Waals surface area contributed by atoms with Crippen molar-refractivity contribution in [2.24, 2.45) is 0 Å². The van der Waals surface area contributed by atoms with Crippen molar-refractivity contribution in [1.82, 2.24) is 10.3 Å². The van der Waals surface area contributed by atoms with Crippen molar-refractivity contribution in [2.75, 3.05) is 18.5 Å². The Balaban J connectivity index is 0.00000240. The monoisotopic (exact) mass is 435 g/mol. The Kier molecular flexibility index (Phi) is 7.04. The molecule has 0 bridgehead atoms. The molecule has 1 atom stereocenters. The van der Waals surface area contributed by atoms with Gasteiger partial charge in [0.1, 0.15) is 0 Å². The van der Waals surface area contributed by atoms with Crippen molar-refractivity contribution in [1.29, 1.82) is 0 Å². The van der Waals surface area contributed by atoms with E-state index in [4.69, 9.17) is 16.3 Å². The van der Waals surface area contributed by atoms with Crippen molar-refractivity contribution in [3.63, 3.8) is 0 Å². The number of nitrogens with one attached hydrogen (secondary N) is 2. The molecule has 2 N–H and O–H groups in total. The zero-order valence-electron chi connectivity index (χ0n) is 16.3. The first-order chi connectivity index (χ1) is 13.6. The fraction of sp³-hybridized carbons (Fsp3) is 0.455. The number of pyridine rings is 1. The summed E-state index contributed by atoms with van der Waals surface area (Å²) in [6.07, 6.45) is 7.78. The lowest BCUT2D eigenvalue weighted by atomic mass is 9.76. The average Bonchev–Trinajstić information content (AvgIpc) is 3.14. The minimum absolute atomic E-state index is 0. The van der Waals surface area contributed by atoms with Crippen LogP contribution in [0.2, 0.25) is 5.02 Å². The fourth-order valence-corrected chi connectivity index (χ4v) is 4.79. The molecule has 2 aromatic rings. The van der Waals surface area contributed by atoms with E-state index in [0.29, 0.717) is 11.6 Å². The summed E-state index contributed by atoms with van der Waals surface area (Å²) < 4.78 is 6.22. The summed E-state index contributed by atoms with van der Waals surface area (Å²) in [4.78, 5) is 17.5. The molecule has 1 saturated carbocycles. The highest BCUT2D eigenvalue weighted by Gasteiger charge is 2.49. The number of rotatable bonds is 5. The molecule has 1 aliphatic carbocycles. The molecule has 0 radical (unpaired) electrons. The molecule has 1 spiro atoms. The van der Waals surface area contributed by atoms with E-state index in [9.17, 15) is 4.79 Å². The zero-order valence-corrected chi connectivity index (χ0v) is 17.9. The second kappa shape index (κ2) is 9.33. The molecule has 1 amide bonds. The zero-order chi connectivity index (χ0) is 19.5. The van der Waals surface area contributed by atoms with E-state index in [2.05, 4.69) is 15.6 Å². The Morgan fingerprint density at radius 3 is 2.69 bits per heavy atom. The van der Waals surface area contributed by atoms with E-state index in [-0.39, 0.29) is 30.5 Å². The molecule has 4 rings (SSSR count). The van der Waals surface area contributed by atoms with Gasteiger partial charge in [0.05, 0.1) is 23.4 Å². The summed E-state index contributed by atoms with van der Waals surface area (Å²) in [5.41, 5.74) is 1.12. The first-order valence-electron chi connectivity index (χ1n) is 9.95. The molecule has 2 aliphatic rings. The third-order valence-electron chi connectivity index (χ3n) is 5.89. The second-order valence-electron chi connectivity index (χ2n) is 7.87. The van der Waals surface area contributed by atoms with E-state index >= 15 is 0 Å². The topological polar surface area (TPSA) is 63.2 Å². The number of carbonyl (C=O) groups is 1. The summed E-state index contributed by atoms with van der Waals surface area (Å²) >= 11 is 6.02. The molecule has 156 valence electrons.